The molecule has 0 radical (unpaired) electrons. The zero-order valence-electron chi connectivity index (χ0n) is 8.10. The van der Waals surface area contributed by atoms with Crippen LogP contribution in [0.1, 0.15) is 12.0 Å². The molecule has 0 spiro atoms. The van der Waals surface area contributed by atoms with E-state index in [0.29, 0.717) is 11.3 Å². The van der Waals surface area contributed by atoms with Gasteiger partial charge in [-0.25, -0.2) is 4.39 Å². The summed E-state index contributed by atoms with van der Waals surface area (Å²) in [5, 5.41) is 2.98. The maximum atomic E-state index is 12.8. The van der Waals surface area contributed by atoms with Crippen LogP contribution in [0, 0.1) is 17.7 Å². The third-order valence-electron chi connectivity index (χ3n) is 1.65. The molecule has 3 heteroatoms. The van der Waals surface area contributed by atoms with E-state index in [1.54, 1.807) is 6.07 Å². The van der Waals surface area contributed by atoms with Crippen LogP contribution in [0.25, 0.3) is 0 Å². The molecular weight excluding hydrogens is 179 g/mol. The maximum absolute atomic E-state index is 12.8. The van der Waals surface area contributed by atoms with Crippen LogP contribution in [0.15, 0.2) is 18.2 Å². The number of nitrogens with one attached hydrogen (secondary N) is 1. The molecular formula is C11H13FN2. The van der Waals surface area contributed by atoms with E-state index in [-0.39, 0.29) is 5.82 Å². The van der Waals surface area contributed by atoms with Gasteiger partial charge in [-0.1, -0.05) is 11.8 Å². The highest BCUT2D eigenvalue weighted by atomic mass is 19.1. The van der Waals surface area contributed by atoms with Crippen molar-refractivity contribution in [2.75, 3.05) is 19.3 Å². The average molecular weight is 192 g/mol. The molecule has 0 heterocycles. The summed E-state index contributed by atoms with van der Waals surface area (Å²) in [4.78, 5) is 0. The van der Waals surface area contributed by atoms with Crippen molar-refractivity contribution >= 4 is 5.69 Å². The Hall–Kier alpha value is -1.53. The quantitative estimate of drug-likeness (QED) is 0.422. The Kier molecular flexibility index (Phi) is 3.96. The SMILES string of the molecule is CNCCC#Cc1cc(N)cc(F)c1. The smallest absolute Gasteiger partial charge is 0.126 e. The van der Waals surface area contributed by atoms with Gasteiger partial charge >= 0.3 is 0 Å². The summed E-state index contributed by atoms with van der Waals surface area (Å²) in [6.07, 6.45) is 0.743. The highest BCUT2D eigenvalue weighted by Gasteiger charge is 1.94. The molecule has 0 saturated heterocycles. The van der Waals surface area contributed by atoms with E-state index in [9.17, 15) is 4.39 Å². The molecule has 1 aromatic carbocycles. The van der Waals surface area contributed by atoms with Crippen molar-refractivity contribution in [3.63, 3.8) is 0 Å². The van der Waals surface area contributed by atoms with Crippen molar-refractivity contribution in [1.82, 2.24) is 5.32 Å². The minimum absolute atomic E-state index is 0.345. The monoisotopic (exact) mass is 192 g/mol. The van der Waals surface area contributed by atoms with Gasteiger partial charge in [0, 0.05) is 24.2 Å². The van der Waals surface area contributed by atoms with E-state index in [4.69, 9.17) is 5.73 Å². The molecule has 0 atom stereocenters. The Balaban J connectivity index is 2.69. The van der Waals surface area contributed by atoms with Gasteiger partial charge in [-0.05, 0) is 25.2 Å². The Bertz CT molecular complexity index is 343. The molecule has 0 saturated carbocycles. The van der Waals surface area contributed by atoms with Gasteiger partial charge in [0.25, 0.3) is 0 Å². The van der Waals surface area contributed by atoms with Gasteiger partial charge in [0.1, 0.15) is 5.82 Å². The summed E-state index contributed by atoms with van der Waals surface area (Å²) in [6, 6.07) is 4.32. The van der Waals surface area contributed by atoms with Gasteiger partial charge in [-0.2, -0.15) is 0 Å². The molecule has 0 unspecified atom stereocenters. The first-order chi connectivity index (χ1) is 6.72. The highest BCUT2D eigenvalue weighted by molar-refractivity contribution is 5.47. The van der Waals surface area contributed by atoms with Crippen LogP contribution < -0.4 is 11.1 Å². The molecule has 0 bridgehead atoms. The fourth-order valence-corrected chi connectivity index (χ4v) is 1.04. The zero-order chi connectivity index (χ0) is 10.4. The lowest BCUT2D eigenvalue weighted by Crippen LogP contribution is -2.05. The molecule has 0 aromatic heterocycles. The second kappa shape index (κ2) is 5.25. The number of hydrogen-bond acceptors (Lipinski definition) is 2. The first kappa shape index (κ1) is 10.6. The molecule has 1 rings (SSSR count). The molecule has 3 N–H and O–H groups in total. The summed E-state index contributed by atoms with van der Waals surface area (Å²) >= 11 is 0. The van der Waals surface area contributed by atoms with Gasteiger partial charge < -0.3 is 11.1 Å². The van der Waals surface area contributed by atoms with Gasteiger partial charge in [0.2, 0.25) is 0 Å². The molecule has 0 aliphatic rings. The predicted octanol–water partition coefficient (Wildman–Crippen LogP) is 1.37. The van der Waals surface area contributed by atoms with Gasteiger partial charge in [-0.15, -0.1) is 0 Å². The van der Waals surface area contributed by atoms with Gasteiger partial charge in [-0.3, -0.25) is 0 Å². The molecule has 14 heavy (non-hydrogen) atoms. The van der Waals surface area contributed by atoms with E-state index in [1.807, 2.05) is 7.05 Å². The van der Waals surface area contributed by atoms with Crippen molar-refractivity contribution in [1.29, 1.82) is 0 Å². The van der Waals surface area contributed by atoms with E-state index in [0.717, 1.165) is 13.0 Å². The van der Waals surface area contributed by atoms with E-state index in [2.05, 4.69) is 17.2 Å². The summed E-state index contributed by atoms with van der Waals surface area (Å²) in [6.45, 7) is 0.831. The lowest BCUT2D eigenvalue weighted by molar-refractivity contribution is 0.628. The topological polar surface area (TPSA) is 38.0 Å². The summed E-state index contributed by atoms with van der Waals surface area (Å²) < 4.78 is 12.8. The normalized spacial score (nSPS) is 9.29. The van der Waals surface area contributed by atoms with Gasteiger partial charge in [0.15, 0.2) is 0 Å². The van der Waals surface area contributed by atoms with E-state index in [1.165, 1.54) is 12.1 Å². The first-order valence-electron chi connectivity index (χ1n) is 4.42. The standard InChI is InChI=1S/C11H13FN2/c1-14-5-3-2-4-9-6-10(12)8-11(13)7-9/h6-8,14H,3,5,13H2,1H3. The van der Waals surface area contributed by atoms with Crippen molar-refractivity contribution < 1.29 is 4.39 Å². The number of nitrogen functional groups attached to an aromatic ring is 1. The Morgan fingerprint density at radius 2 is 2.21 bits per heavy atom. The number of hydrogen-bond donors (Lipinski definition) is 2. The maximum Gasteiger partial charge on any atom is 0.126 e. The van der Waals surface area contributed by atoms with Crippen LogP contribution in [0.2, 0.25) is 0 Å². The van der Waals surface area contributed by atoms with Crippen molar-refractivity contribution in [3.05, 3.63) is 29.6 Å². The third kappa shape index (κ3) is 3.46. The lowest BCUT2D eigenvalue weighted by atomic mass is 10.2. The zero-order valence-corrected chi connectivity index (χ0v) is 8.10. The van der Waals surface area contributed by atoms with Crippen LogP contribution in [0.3, 0.4) is 0 Å². The number of anilines is 1. The van der Waals surface area contributed by atoms with Crippen LogP contribution >= 0.6 is 0 Å². The summed E-state index contributed by atoms with van der Waals surface area (Å²) in [7, 11) is 1.86. The molecule has 0 aliphatic carbocycles. The minimum Gasteiger partial charge on any atom is -0.399 e. The van der Waals surface area contributed by atoms with Crippen LogP contribution in [-0.4, -0.2) is 13.6 Å². The fourth-order valence-electron chi connectivity index (χ4n) is 1.04. The lowest BCUT2D eigenvalue weighted by Gasteiger charge is -1.95. The summed E-state index contributed by atoms with van der Waals surface area (Å²) in [5.74, 6) is 5.43. The van der Waals surface area contributed by atoms with Crippen LogP contribution in [0.4, 0.5) is 10.1 Å². The summed E-state index contributed by atoms with van der Waals surface area (Å²) in [5.41, 5.74) is 6.50. The Morgan fingerprint density at radius 3 is 2.86 bits per heavy atom. The first-order valence-corrected chi connectivity index (χ1v) is 4.42. The van der Waals surface area contributed by atoms with E-state index < -0.39 is 0 Å². The number of rotatable bonds is 2. The average Bonchev–Trinajstić information content (AvgIpc) is 2.11. The molecule has 0 fully saturated rings. The molecule has 74 valence electrons. The molecule has 1 aromatic rings. The Labute approximate surface area is 83.3 Å². The fraction of sp³-hybridized carbons (Fsp3) is 0.273. The molecule has 0 aliphatic heterocycles. The van der Waals surface area contributed by atoms with Crippen molar-refractivity contribution in [3.8, 4) is 11.8 Å². The van der Waals surface area contributed by atoms with Crippen LogP contribution in [-0.2, 0) is 0 Å². The largest absolute Gasteiger partial charge is 0.399 e. The second-order valence-corrected chi connectivity index (χ2v) is 2.93. The second-order valence-electron chi connectivity index (χ2n) is 2.93. The van der Waals surface area contributed by atoms with Crippen LogP contribution in [0.5, 0.6) is 0 Å². The Morgan fingerprint density at radius 1 is 1.43 bits per heavy atom. The number of nitrogens with two attached hydrogens (primary N) is 1. The third-order valence-corrected chi connectivity index (χ3v) is 1.65. The molecule has 2 nitrogen and oxygen atoms in total. The minimum atomic E-state index is -0.345. The van der Waals surface area contributed by atoms with Crippen molar-refractivity contribution in [2.24, 2.45) is 0 Å². The molecule has 0 amide bonds. The van der Waals surface area contributed by atoms with E-state index >= 15 is 0 Å². The van der Waals surface area contributed by atoms with Crippen molar-refractivity contribution in [2.45, 2.75) is 6.42 Å². The highest BCUT2D eigenvalue weighted by Crippen LogP contribution is 2.09. The predicted molar refractivity (Wildman–Crippen MR) is 56.2 cm³/mol. The number of benzene rings is 1. The number of halogens is 1. The van der Waals surface area contributed by atoms with Gasteiger partial charge in [0.05, 0.1) is 0 Å².